The summed E-state index contributed by atoms with van der Waals surface area (Å²) in [6, 6.07) is 8.94. The first-order valence-electron chi connectivity index (χ1n) is 8.28. The van der Waals surface area contributed by atoms with Crippen molar-refractivity contribution in [1.82, 2.24) is 4.90 Å². The molecule has 23 heavy (non-hydrogen) atoms. The zero-order chi connectivity index (χ0) is 17.2. The van der Waals surface area contributed by atoms with Gasteiger partial charge in [0.15, 0.2) is 0 Å². The summed E-state index contributed by atoms with van der Waals surface area (Å²) in [5, 5.41) is 0. The van der Waals surface area contributed by atoms with Crippen LogP contribution in [0.4, 0.5) is 4.79 Å². The van der Waals surface area contributed by atoms with Crippen LogP contribution in [0.1, 0.15) is 50.9 Å². The van der Waals surface area contributed by atoms with E-state index in [-0.39, 0.29) is 24.3 Å². The fraction of sp³-hybridized carbons (Fsp3) is 0.556. The van der Waals surface area contributed by atoms with Crippen LogP contribution >= 0.6 is 0 Å². The second kappa shape index (κ2) is 9.87. The van der Waals surface area contributed by atoms with Crippen LogP contribution < -0.4 is 0 Å². The molecule has 5 nitrogen and oxygen atoms in total. The zero-order valence-electron chi connectivity index (χ0n) is 14.5. The molecule has 0 unspecified atom stereocenters. The Balaban J connectivity index is 0.00000127. The minimum atomic E-state index is -0.307. The van der Waals surface area contributed by atoms with Gasteiger partial charge in [-0.2, -0.15) is 0 Å². The van der Waals surface area contributed by atoms with Gasteiger partial charge in [-0.15, -0.1) is 0 Å². The Morgan fingerprint density at radius 3 is 2.17 bits per heavy atom. The molecule has 0 spiro atoms. The number of esters is 1. The van der Waals surface area contributed by atoms with E-state index in [0.717, 1.165) is 0 Å². The predicted octanol–water partition coefficient (Wildman–Crippen LogP) is 3.88. The van der Waals surface area contributed by atoms with Gasteiger partial charge < -0.3 is 14.4 Å². The summed E-state index contributed by atoms with van der Waals surface area (Å²) in [6.07, 6.45) is 0.738. The lowest BCUT2D eigenvalue weighted by molar-refractivity contribution is 0.00815. The van der Waals surface area contributed by atoms with E-state index in [1.165, 1.54) is 0 Å². The lowest BCUT2D eigenvalue weighted by atomic mass is 10.1. The molecule has 0 aromatic heterocycles. The molecular weight excluding hydrogens is 294 g/mol. The minimum absolute atomic E-state index is 0.119. The van der Waals surface area contributed by atoms with Gasteiger partial charge in [-0.05, 0) is 26.0 Å². The maximum absolute atomic E-state index is 11.9. The van der Waals surface area contributed by atoms with E-state index in [0.29, 0.717) is 31.5 Å². The Hall–Kier alpha value is -2.04. The van der Waals surface area contributed by atoms with E-state index in [1.807, 2.05) is 33.8 Å². The average molecular weight is 321 g/mol. The summed E-state index contributed by atoms with van der Waals surface area (Å²) >= 11 is 0. The maximum Gasteiger partial charge on any atom is 0.410 e. The van der Waals surface area contributed by atoms with Crippen LogP contribution in [0.2, 0.25) is 0 Å². The van der Waals surface area contributed by atoms with Crippen molar-refractivity contribution < 1.29 is 19.1 Å². The molecule has 0 atom stereocenters. The number of carbonyl (C=O) groups excluding carboxylic acids is 2. The summed E-state index contributed by atoms with van der Waals surface area (Å²) in [6.45, 7) is 8.76. The molecule has 0 radical (unpaired) electrons. The Morgan fingerprint density at radius 1 is 1.09 bits per heavy atom. The highest BCUT2D eigenvalue weighted by atomic mass is 16.6. The van der Waals surface area contributed by atoms with Crippen LogP contribution in [-0.2, 0) is 9.47 Å². The molecule has 1 saturated heterocycles. The van der Waals surface area contributed by atoms with Gasteiger partial charge >= 0.3 is 12.1 Å². The number of likely N-dealkylation sites (tertiary alicyclic amines) is 1. The van der Waals surface area contributed by atoms with Crippen molar-refractivity contribution in [3.05, 3.63) is 35.9 Å². The van der Waals surface area contributed by atoms with Crippen LogP contribution in [0.3, 0.4) is 0 Å². The van der Waals surface area contributed by atoms with Crippen molar-refractivity contribution >= 4 is 12.1 Å². The number of piperidine rings is 1. The van der Waals surface area contributed by atoms with Gasteiger partial charge in [-0.3, -0.25) is 0 Å². The number of carbonyl (C=O) groups is 2. The second-order valence-electron chi connectivity index (χ2n) is 5.39. The summed E-state index contributed by atoms with van der Waals surface area (Å²) in [7, 11) is 0. The van der Waals surface area contributed by atoms with E-state index in [4.69, 9.17) is 9.47 Å². The third-order valence-corrected chi connectivity index (χ3v) is 3.32. The number of benzene rings is 1. The number of hydrogen-bond acceptors (Lipinski definition) is 4. The standard InChI is InChI=1S/C16H21NO4.C2H6/c1-12(2)20-16(19)17-10-8-14(9-11-17)21-15(18)13-6-4-3-5-7-13;1-2/h3-7,12,14H,8-11H2,1-2H3;1-2H3. The van der Waals surface area contributed by atoms with Gasteiger partial charge in [0.1, 0.15) is 6.10 Å². The summed E-state index contributed by atoms with van der Waals surface area (Å²) in [4.78, 5) is 25.4. The largest absolute Gasteiger partial charge is 0.459 e. The van der Waals surface area contributed by atoms with Crippen molar-refractivity contribution in [3.63, 3.8) is 0 Å². The van der Waals surface area contributed by atoms with E-state index in [1.54, 1.807) is 29.2 Å². The van der Waals surface area contributed by atoms with Gasteiger partial charge in [-0.25, -0.2) is 9.59 Å². The van der Waals surface area contributed by atoms with Gasteiger partial charge in [0.25, 0.3) is 0 Å². The molecule has 1 aromatic rings. The number of nitrogens with zero attached hydrogens (tertiary/aromatic N) is 1. The van der Waals surface area contributed by atoms with E-state index >= 15 is 0 Å². The highest BCUT2D eigenvalue weighted by Crippen LogP contribution is 2.16. The number of rotatable bonds is 3. The quantitative estimate of drug-likeness (QED) is 0.793. The maximum atomic E-state index is 11.9. The molecular formula is C18H27NO4. The molecule has 1 aliphatic heterocycles. The topological polar surface area (TPSA) is 55.8 Å². The van der Waals surface area contributed by atoms with Gasteiger partial charge in [0, 0.05) is 25.9 Å². The van der Waals surface area contributed by atoms with Crippen LogP contribution in [0.25, 0.3) is 0 Å². The van der Waals surface area contributed by atoms with Gasteiger partial charge in [0.2, 0.25) is 0 Å². The van der Waals surface area contributed by atoms with Crippen molar-refractivity contribution in [3.8, 4) is 0 Å². The van der Waals surface area contributed by atoms with E-state index in [2.05, 4.69) is 0 Å². The summed E-state index contributed by atoms with van der Waals surface area (Å²) < 4.78 is 10.6. The zero-order valence-corrected chi connectivity index (χ0v) is 14.5. The molecule has 128 valence electrons. The molecule has 0 aliphatic carbocycles. The smallest absolute Gasteiger partial charge is 0.410 e. The first-order chi connectivity index (χ1) is 11.1. The Morgan fingerprint density at radius 2 is 1.65 bits per heavy atom. The summed E-state index contributed by atoms with van der Waals surface area (Å²) in [5.74, 6) is -0.307. The molecule has 1 aromatic carbocycles. The molecule has 0 saturated carbocycles. The van der Waals surface area contributed by atoms with Gasteiger partial charge in [0.05, 0.1) is 11.7 Å². The van der Waals surface area contributed by atoms with Crippen LogP contribution in [-0.4, -0.2) is 42.3 Å². The Kier molecular flexibility index (Phi) is 8.16. The minimum Gasteiger partial charge on any atom is -0.459 e. The molecule has 1 amide bonds. The second-order valence-corrected chi connectivity index (χ2v) is 5.39. The van der Waals surface area contributed by atoms with Crippen molar-refractivity contribution in [1.29, 1.82) is 0 Å². The van der Waals surface area contributed by atoms with Crippen LogP contribution in [0.15, 0.2) is 30.3 Å². The highest BCUT2D eigenvalue weighted by Gasteiger charge is 2.26. The van der Waals surface area contributed by atoms with Crippen molar-refractivity contribution in [2.75, 3.05) is 13.1 Å². The lowest BCUT2D eigenvalue weighted by Gasteiger charge is -2.31. The van der Waals surface area contributed by atoms with E-state index < -0.39 is 0 Å². The van der Waals surface area contributed by atoms with Crippen molar-refractivity contribution in [2.45, 2.75) is 52.7 Å². The molecule has 0 bridgehead atoms. The third kappa shape index (κ3) is 6.30. The predicted molar refractivity (Wildman–Crippen MR) is 89.4 cm³/mol. The lowest BCUT2D eigenvalue weighted by Crippen LogP contribution is -2.42. The van der Waals surface area contributed by atoms with Gasteiger partial charge in [-0.1, -0.05) is 32.0 Å². The van der Waals surface area contributed by atoms with Crippen LogP contribution in [0, 0.1) is 0 Å². The number of hydrogen-bond donors (Lipinski definition) is 0. The SMILES string of the molecule is CC.CC(C)OC(=O)N1CCC(OC(=O)c2ccccc2)CC1. The van der Waals surface area contributed by atoms with Crippen molar-refractivity contribution in [2.24, 2.45) is 0 Å². The van der Waals surface area contributed by atoms with Crippen LogP contribution in [0.5, 0.6) is 0 Å². The molecule has 5 heteroatoms. The molecule has 1 heterocycles. The summed E-state index contributed by atoms with van der Waals surface area (Å²) in [5.41, 5.74) is 0.555. The normalized spacial score (nSPS) is 14.7. The molecule has 1 aliphatic rings. The highest BCUT2D eigenvalue weighted by molar-refractivity contribution is 5.89. The molecule has 2 rings (SSSR count). The van der Waals surface area contributed by atoms with E-state index in [9.17, 15) is 9.59 Å². The number of amides is 1. The monoisotopic (exact) mass is 321 g/mol. The average Bonchev–Trinajstić information content (AvgIpc) is 2.57. The Labute approximate surface area is 138 Å². The fourth-order valence-corrected chi connectivity index (χ4v) is 2.23. The molecule has 0 N–H and O–H groups in total. The Bertz CT molecular complexity index is 479. The first kappa shape index (κ1) is 19.0. The fourth-order valence-electron chi connectivity index (χ4n) is 2.23. The molecule has 1 fully saturated rings. The number of ether oxygens (including phenoxy) is 2. The first-order valence-corrected chi connectivity index (χ1v) is 8.28. The third-order valence-electron chi connectivity index (χ3n) is 3.32.